The van der Waals surface area contributed by atoms with Crippen molar-refractivity contribution >= 4 is 40.5 Å². The fourth-order valence-electron chi connectivity index (χ4n) is 1.56. The second kappa shape index (κ2) is 5.88. The maximum Gasteiger partial charge on any atom is 0.347 e. The number of thiazole rings is 1. The minimum Gasteiger partial charge on any atom is -0.477 e. The third-order valence-corrected chi connectivity index (χ3v) is 4.08. The first kappa shape index (κ1) is 14.3. The van der Waals surface area contributed by atoms with Crippen LogP contribution >= 0.6 is 34.5 Å². The zero-order chi connectivity index (χ0) is 14.0. The minimum absolute atomic E-state index is 0.125. The van der Waals surface area contributed by atoms with Crippen LogP contribution in [-0.2, 0) is 11.3 Å². The molecule has 0 unspecified atom stereocenters. The molecule has 1 heterocycles. The van der Waals surface area contributed by atoms with Crippen LogP contribution in [0.5, 0.6) is 0 Å². The highest BCUT2D eigenvalue weighted by Crippen LogP contribution is 2.38. The normalized spacial score (nSPS) is 10.7. The molecular weight excluding hydrogens is 309 g/mol. The molecule has 0 spiro atoms. The molecule has 19 heavy (non-hydrogen) atoms. The summed E-state index contributed by atoms with van der Waals surface area (Å²) in [4.78, 5) is 15.5. The van der Waals surface area contributed by atoms with Crippen LogP contribution in [0.15, 0.2) is 18.2 Å². The van der Waals surface area contributed by atoms with Crippen molar-refractivity contribution in [1.82, 2.24) is 4.98 Å². The van der Waals surface area contributed by atoms with Gasteiger partial charge in [-0.2, -0.15) is 0 Å². The first-order valence-electron chi connectivity index (χ1n) is 5.21. The van der Waals surface area contributed by atoms with Crippen molar-refractivity contribution in [3.05, 3.63) is 38.8 Å². The molecule has 7 heteroatoms. The number of carboxylic acid groups (broad SMARTS) is 1. The molecule has 4 nitrogen and oxygen atoms in total. The van der Waals surface area contributed by atoms with Gasteiger partial charge < -0.3 is 9.84 Å². The summed E-state index contributed by atoms with van der Waals surface area (Å²) in [6.07, 6.45) is 0. The van der Waals surface area contributed by atoms with Gasteiger partial charge in [-0.3, -0.25) is 0 Å². The van der Waals surface area contributed by atoms with Gasteiger partial charge in [-0.05, 0) is 12.1 Å². The van der Waals surface area contributed by atoms with Crippen molar-refractivity contribution in [1.29, 1.82) is 0 Å². The number of hydrogen-bond donors (Lipinski definition) is 1. The maximum atomic E-state index is 11.2. The number of halogens is 2. The summed E-state index contributed by atoms with van der Waals surface area (Å²) < 4.78 is 4.94. The van der Waals surface area contributed by atoms with Gasteiger partial charge >= 0.3 is 5.97 Å². The number of nitrogens with zero attached hydrogens (tertiary/aromatic N) is 1. The second-order valence-electron chi connectivity index (χ2n) is 3.63. The number of benzene rings is 1. The van der Waals surface area contributed by atoms with Gasteiger partial charge in [0.25, 0.3) is 0 Å². The van der Waals surface area contributed by atoms with Gasteiger partial charge in [-0.15, -0.1) is 11.3 Å². The fraction of sp³-hybridized carbons (Fsp3) is 0.167. The molecule has 0 aliphatic carbocycles. The topological polar surface area (TPSA) is 59.4 Å². The molecule has 2 aromatic rings. The number of carbonyl (C=O) groups is 1. The Bertz CT molecular complexity index is 607. The highest BCUT2D eigenvalue weighted by atomic mass is 35.5. The van der Waals surface area contributed by atoms with E-state index in [9.17, 15) is 4.79 Å². The van der Waals surface area contributed by atoms with E-state index in [1.165, 1.54) is 7.11 Å². The van der Waals surface area contributed by atoms with Gasteiger partial charge in [0, 0.05) is 12.7 Å². The number of methoxy groups -OCH3 is 1. The van der Waals surface area contributed by atoms with E-state index in [-0.39, 0.29) is 11.5 Å². The number of rotatable bonds is 4. The molecule has 0 bridgehead atoms. The Hall–Kier alpha value is -1.14. The molecule has 0 fully saturated rings. The van der Waals surface area contributed by atoms with Crippen molar-refractivity contribution < 1.29 is 14.6 Å². The average Bonchev–Trinajstić information content (AvgIpc) is 2.73. The number of carboxylic acids is 1. The summed E-state index contributed by atoms with van der Waals surface area (Å²) in [5, 5.41) is 10.5. The predicted octanol–water partition coefficient (Wildman–Crippen LogP) is 3.96. The molecule has 0 radical (unpaired) electrons. The van der Waals surface area contributed by atoms with Gasteiger partial charge in [0.2, 0.25) is 0 Å². The summed E-state index contributed by atoms with van der Waals surface area (Å²) in [6.45, 7) is 0.125. The van der Waals surface area contributed by atoms with Crippen LogP contribution in [0.25, 0.3) is 10.6 Å². The molecule has 0 amide bonds. The van der Waals surface area contributed by atoms with E-state index in [4.69, 9.17) is 33.0 Å². The Balaban J connectivity index is 2.57. The molecule has 1 aromatic carbocycles. The van der Waals surface area contributed by atoms with E-state index in [0.29, 0.717) is 26.3 Å². The Morgan fingerprint density at radius 2 is 2.05 bits per heavy atom. The summed E-state index contributed by atoms with van der Waals surface area (Å²) >= 11 is 13.2. The standard InChI is InChI=1S/C12H9Cl2NO3S/c1-18-5-8-10(12(16)17)19-11(15-8)9-6(13)3-2-4-7(9)14/h2-4H,5H2,1H3,(H,16,17). The Morgan fingerprint density at radius 1 is 1.42 bits per heavy atom. The lowest BCUT2D eigenvalue weighted by Crippen LogP contribution is -1.99. The third-order valence-electron chi connectivity index (χ3n) is 2.35. The quantitative estimate of drug-likeness (QED) is 0.927. The van der Waals surface area contributed by atoms with E-state index < -0.39 is 5.97 Å². The Morgan fingerprint density at radius 3 is 2.58 bits per heavy atom. The van der Waals surface area contributed by atoms with E-state index >= 15 is 0 Å². The summed E-state index contributed by atoms with van der Waals surface area (Å²) in [5.74, 6) is -1.04. The molecule has 0 atom stereocenters. The van der Waals surface area contributed by atoms with Gasteiger partial charge in [-0.25, -0.2) is 9.78 Å². The van der Waals surface area contributed by atoms with Crippen molar-refractivity contribution in [3.8, 4) is 10.6 Å². The number of aromatic carboxylic acids is 1. The second-order valence-corrected chi connectivity index (χ2v) is 5.44. The lowest BCUT2D eigenvalue weighted by atomic mass is 10.2. The summed E-state index contributed by atoms with van der Waals surface area (Å²) in [7, 11) is 1.48. The highest BCUT2D eigenvalue weighted by molar-refractivity contribution is 7.17. The predicted molar refractivity (Wildman–Crippen MR) is 75.2 cm³/mol. The Labute approximate surface area is 123 Å². The maximum absolute atomic E-state index is 11.2. The van der Waals surface area contributed by atoms with Crippen molar-refractivity contribution in [2.24, 2.45) is 0 Å². The molecule has 0 aliphatic heterocycles. The van der Waals surface area contributed by atoms with Crippen LogP contribution in [-0.4, -0.2) is 23.2 Å². The number of hydrogen-bond acceptors (Lipinski definition) is 4. The van der Waals surface area contributed by atoms with Crippen molar-refractivity contribution in [2.75, 3.05) is 7.11 Å². The van der Waals surface area contributed by atoms with Gasteiger partial charge in [-0.1, -0.05) is 29.3 Å². The fourth-order valence-corrected chi connectivity index (χ4v) is 3.23. The van der Waals surface area contributed by atoms with E-state index in [2.05, 4.69) is 4.98 Å². The molecule has 0 saturated carbocycles. The summed E-state index contributed by atoms with van der Waals surface area (Å²) in [6, 6.07) is 5.08. The molecule has 0 saturated heterocycles. The molecule has 0 aliphatic rings. The zero-order valence-electron chi connectivity index (χ0n) is 9.81. The van der Waals surface area contributed by atoms with Crippen LogP contribution < -0.4 is 0 Å². The van der Waals surface area contributed by atoms with Crippen LogP contribution in [0.2, 0.25) is 10.0 Å². The molecule has 2 rings (SSSR count). The smallest absolute Gasteiger partial charge is 0.347 e. The molecular formula is C12H9Cl2NO3S. The first-order valence-corrected chi connectivity index (χ1v) is 6.78. The van der Waals surface area contributed by atoms with Crippen molar-refractivity contribution in [2.45, 2.75) is 6.61 Å². The van der Waals surface area contributed by atoms with E-state index in [1.807, 2.05) is 0 Å². The van der Waals surface area contributed by atoms with E-state index in [1.54, 1.807) is 18.2 Å². The largest absolute Gasteiger partial charge is 0.477 e. The van der Waals surface area contributed by atoms with E-state index in [0.717, 1.165) is 11.3 Å². The molecule has 100 valence electrons. The average molecular weight is 318 g/mol. The lowest BCUT2D eigenvalue weighted by Gasteiger charge is -2.02. The van der Waals surface area contributed by atoms with Crippen molar-refractivity contribution in [3.63, 3.8) is 0 Å². The highest BCUT2D eigenvalue weighted by Gasteiger charge is 2.20. The van der Waals surface area contributed by atoms with Gasteiger partial charge in [0.15, 0.2) is 0 Å². The summed E-state index contributed by atoms with van der Waals surface area (Å²) in [5.41, 5.74) is 0.909. The van der Waals surface area contributed by atoms with Crippen LogP contribution in [0.4, 0.5) is 0 Å². The zero-order valence-corrected chi connectivity index (χ0v) is 12.1. The Kier molecular flexibility index (Phi) is 4.42. The van der Waals surface area contributed by atoms with Crippen LogP contribution in [0.3, 0.4) is 0 Å². The third kappa shape index (κ3) is 2.90. The number of ether oxygens (including phenoxy) is 1. The molecule has 1 aromatic heterocycles. The monoisotopic (exact) mass is 317 g/mol. The lowest BCUT2D eigenvalue weighted by molar-refractivity contribution is 0.0697. The first-order chi connectivity index (χ1) is 9.04. The minimum atomic E-state index is -1.04. The SMILES string of the molecule is COCc1nc(-c2c(Cl)cccc2Cl)sc1C(=O)O. The van der Waals surface area contributed by atoms with Crippen LogP contribution in [0.1, 0.15) is 15.4 Å². The molecule has 1 N–H and O–H groups in total. The van der Waals surface area contributed by atoms with Crippen LogP contribution in [0, 0.1) is 0 Å². The van der Waals surface area contributed by atoms with Gasteiger partial charge in [0.05, 0.1) is 22.3 Å². The number of aromatic nitrogens is 1. The van der Waals surface area contributed by atoms with Gasteiger partial charge in [0.1, 0.15) is 9.88 Å².